The van der Waals surface area contributed by atoms with E-state index in [-0.39, 0.29) is 7.12 Å². The van der Waals surface area contributed by atoms with Gasteiger partial charge < -0.3 is 15.7 Å². The minimum atomic E-state index is -0.368. The Morgan fingerprint density at radius 3 is 1.09 bits per heavy atom. The summed E-state index contributed by atoms with van der Waals surface area (Å²) in [5.41, 5.74) is 5.49. The molecular weight excluding hydrogens is 419 g/mol. The van der Waals surface area contributed by atoms with Crippen molar-refractivity contribution in [3.63, 3.8) is 0 Å². The van der Waals surface area contributed by atoms with Crippen LogP contribution in [0.3, 0.4) is 0 Å². The van der Waals surface area contributed by atoms with Gasteiger partial charge in [-0.05, 0) is 36.4 Å². The summed E-state index contributed by atoms with van der Waals surface area (Å²) < 4.78 is 0. The van der Waals surface area contributed by atoms with Gasteiger partial charge in [-0.1, -0.05) is 54.6 Å². The van der Waals surface area contributed by atoms with Gasteiger partial charge in [0.05, 0.1) is 33.6 Å². The summed E-state index contributed by atoms with van der Waals surface area (Å²) >= 11 is 0. The number of hydrogen-bond donors (Lipinski definition) is 3. The maximum absolute atomic E-state index is 4.61. The Hall–Kier alpha value is -4.65. The number of pyridine rings is 3. The van der Waals surface area contributed by atoms with Gasteiger partial charge >= 0.3 is 7.12 Å². The number of hydrogen-bond acceptors (Lipinski definition) is 6. The fraction of sp³-hybridized carbons (Fsp3) is 0. The van der Waals surface area contributed by atoms with Crippen LogP contribution in [-0.2, 0) is 0 Å². The first-order chi connectivity index (χ1) is 16.8. The number of nitrogens with one attached hydrogen (secondary N) is 3. The summed E-state index contributed by atoms with van der Waals surface area (Å²) in [6, 6.07) is 30.4. The molecule has 0 atom stereocenters. The Morgan fingerprint density at radius 2 is 0.735 bits per heavy atom. The molecule has 34 heavy (non-hydrogen) atoms. The van der Waals surface area contributed by atoms with Crippen molar-refractivity contribution in [2.45, 2.75) is 0 Å². The molecule has 0 aliphatic rings. The Morgan fingerprint density at radius 1 is 0.412 bits per heavy atom. The van der Waals surface area contributed by atoms with Crippen molar-refractivity contribution in [1.29, 1.82) is 0 Å². The van der Waals surface area contributed by atoms with Gasteiger partial charge in [0.15, 0.2) is 0 Å². The highest BCUT2D eigenvalue weighted by atomic mass is 15.1. The van der Waals surface area contributed by atoms with Crippen LogP contribution in [0.5, 0.6) is 0 Å². The minimum Gasteiger partial charge on any atom is -0.388 e. The SMILES string of the molecule is c1cnc2c(NB(Nc3cccc4cccnc34)Nc3cccc4cccnc34)cccc2c1. The topological polar surface area (TPSA) is 74.8 Å². The van der Waals surface area contributed by atoms with E-state index < -0.39 is 0 Å². The number of fused-ring (bicyclic) bond motifs is 3. The molecule has 6 rings (SSSR count). The zero-order chi connectivity index (χ0) is 22.7. The van der Waals surface area contributed by atoms with Crippen LogP contribution in [0.2, 0.25) is 0 Å². The molecule has 3 N–H and O–H groups in total. The predicted molar refractivity (Wildman–Crippen MR) is 142 cm³/mol. The highest BCUT2D eigenvalue weighted by Gasteiger charge is 2.21. The lowest BCUT2D eigenvalue weighted by Gasteiger charge is -2.21. The molecule has 0 fully saturated rings. The van der Waals surface area contributed by atoms with E-state index in [1.807, 2.05) is 73.2 Å². The van der Waals surface area contributed by atoms with Crippen LogP contribution < -0.4 is 15.7 Å². The van der Waals surface area contributed by atoms with E-state index in [4.69, 9.17) is 0 Å². The summed E-state index contributed by atoms with van der Waals surface area (Å²) in [5.74, 6) is 0. The normalized spacial score (nSPS) is 10.9. The van der Waals surface area contributed by atoms with Gasteiger partial charge in [-0.15, -0.1) is 0 Å². The number of nitrogens with zero attached hydrogens (tertiary/aromatic N) is 3. The van der Waals surface area contributed by atoms with Crippen molar-refractivity contribution < 1.29 is 0 Å². The molecule has 0 aliphatic heterocycles. The molecule has 0 saturated carbocycles. The molecule has 0 unspecified atom stereocenters. The van der Waals surface area contributed by atoms with Crippen LogP contribution in [-0.4, -0.2) is 22.1 Å². The summed E-state index contributed by atoms with van der Waals surface area (Å²) in [6.07, 6.45) is 5.44. The highest BCUT2D eigenvalue weighted by Crippen LogP contribution is 2.26. The van der Waals surface area contributed by atoms with E-state index >= 15 is 0 Å². The Labute approximate surface area is 197 Å². The van der Waals surface area contributed by atoms with Crippen LogP contribution in [0, 0.1) is 0 Å². The van der Waals surface area contributed by atoms with Gasteiger partial charge in [-0.25, -0.2) is 0 Å². The lowest BCUT2D eigenvalue weighted by molar-refractivity contribution is 1.40. The molecule has 6 aromatic rings. The van der Waals surface area contributed by atoms with Gasteiger partial charge in [-0.3, -0.25) is 15.0 Å². The van der Waals surface area contributed by atoms with E-state index in [0.29, 0.717) is 0 Å². The van der Waals surface area contributed by atoms with Crippen molar-refractivity contribution in [2.75, 3.05) is 15.7 Å². The van der Waals surface area contributed by atoms with Crippen molar-refractivity contribution in [3.05, 3.63) is 110 Å². The van der Waals surface area contributed by atoms with E-state index in [2.05, 4.69) is 67.0 Å². The number of anilines is 3. The summed E-state index contributed by atoms with van der Waals surface area (Å²) in [6.45, 7) is 0. The fourth-order valence-corrected chi connectivity index (χ4v) is 4.24. The van der Waals surface area contributed by atoms with Crippen LogP contribution >= 0.6 is 0 Å². The third kappa shape index (κ3) is 3.84. The third-order valence-corrected chi connectivity index (χ3v) is 5.80. The molecule has 0 radical (unpaired) electrons. The lowest BCUT2D eigenvalue weighted by Crippen LogP contribution is -2.43. The molecule has 0 amide bonds. The van der Waals surface area contributed by atoms with Crippen LogP contribution in [0.15, 0.2) is 110 Å². The Balaban J connectivity index is 1.42. The molecular formula is C27H21BN6. The molecule has 6 nitrogen and oxygen atoms in total. The van der Waals surface area contributed by atoms with Gasteiger partial charge in [0.1, 0.15) is 0 Å². The predicted octanol–water partition coefficient (Wildman–Crippen LogP) is 5.95. The second-order valence-corrected chi connectivity index (χ2v) is 8.01. The maximum atomic E-state index is 4.61. The van der Waals surface area contributed by atoms with Crippen molar-refractivity contribution >= 4 is 56.9 Å². The first-order valence-electron chi connectivity index (χ1n) is 11.2. The molecule has 0 spiro atoms. The molecule has 3 aromatic heterocycles. The van der Waals surface area contributed by atoms with Crippen molar-refractivity contribution in [3.8, 4) is 0 Å². The largest absolute Gasteiger partial charge is 0.497 e. The van der Waals surface area contributed by atoms with E-state index in [1.165, 1.54) is 0 Å². The number of aromatic nitrogens is 3. The first-order valence-corrected chi connectivity index (χ1v) is 11.2. The van der Waals surface area contributed by atoms with Crippen LogP contribution in [0.1, 0.15) is 0 Å². The molecule has 3 aromatic carbocycles. The summed E-state index contributed by atoms with van der Waals surface area (Å²) in [7, 11) is -0.368. The second-order valence-electron chi connectivity index (χ2n) is 8.01. The lowest BCUT2D eigenvalue weighted by atomic mass is 9.90. The summed E-state index contributed by atoms with van der Waals surface area (Å²) in [4.78, 5) is 13.8. The quantitative estimate of drug-likeness (QED) is 0.278. The van der Waals surface area contributed by atoms with Gasteiger partial charge in [0.2, 0.25) is 0 Å². The second kappa shape index (κ2) is 8.71. The minimum absolute atomic E-state index is 0.368. The average molecular weight is 440 g/mol. The van der Waals surface area contributed by atoms with Gasteiger partial charge in [0, 0.05) is 34.7 Å². The van der Waals surface area contributed by atoms with E-state index in [1.54, 1.807) is 0 Å². The standard InChI is InChI=1S/C27H21BN6/c1-7-19-10-4-16-29-25(19)22(13-1)32-28(33-23-14-2-8-20-11-5-17-30-26(20)23)34-24-15-3-9-21-12-6-18-31-27(21)24/h1-18,32-34H. The Kier molecular flexibility index (Phi) is 5.12. The Bertz CT molecular complexity index is 1410. The molecule has 0 aliphatic carbocycles. The smallest absolute Gasteiger partial charge is 0.388 e. The van der Waals surface area contributed by atoms with Gasteiger partial charge in [0.25, 0.3) is 0 Å². The van der Waals surface area contributed by atoms with Crippen molar-refractivity contribution in [1.82, 2.24) is 15.0 Å². The maximum Gasteiger partial charge on any atom is 0.497 e. The van der Waals surface area contributed by atoms with E-state index in [0.717, 1.165) is 49.8 Å². The third-order valence-electron chi connectivity index (χ3n) is 5.80. The molecule has 0 bridgehead atoms. The molecule has 0 saturated heterocycles. The summed E-state index contributed by atoms with van der Waals surface area (Å²) in [5, 5.41) is 14.0. The first kappa shape index (κ1) is 20.0. The average Bonchev–Trinajstić information content (AvgIpc) is 2.89. The number of benzene rings is 3. The fourth-order valence-electron chi connectivity index (χ4n) is 4.24. The van der Waals surface area contributed by atoms with Crippen molar-refractivity contribution in [2.24, 2.45) is 0 Å². The monoisotopic (exact) mass is 440 g/mol. The highest BCUT2D eigenvalue weighted by molar-refractivity contribution is 6.69. The molecule has 162 valence electrons. The van der Waals surface area contributed by atoms with E-state index in [9.17, 15) is 0 Å². The number of rotatable bonds is 6. The van der Waals surface area contributed by atoms with Crippen LogP contribution in [0.25, 0.3) is 32.7 Å². The van der Waals surface area contributed by atoms with Gasteiger partial charge in [-0.2, -0.15) is 0 Å². The number of para-hydroxylation sites is 3. The molecule has 3 heterocycles. The zero-order valence-electron chi connectivity index (χ0n) is 18.3. The van der Waals surface area contributed by atoms with Crippen LogP contribution in [0.4, 0.5) is 17.1 Å². The molecule has 7 heteroatoms. The zero-order valence-corrected chi connectivity index (χ0v) is 18.3.